The smallest absolute Gasteiger partial charge is 0.164 e. The van der Waals surface area contributed by atoms with Crippen molar-refractivity contribution in [3.63, 3.8) is 0 Å². The van der Waals surface area contributed by atoms with Crippen molar-refractivity contribution in [3.05, 3.63) is 61.3 Å². The van der Waals surface area contributed by atoms with Crippen LogP contribution in [0.25, 0.3) is 28.2 Å². The number of hydrogen-bond donors (Lipinski definition) is 0. The number of imidazole rings is 1. The quantitative estimate of drug-likeness (QED) is 0.536. The van der Waals surface area contributed by atoms with E-state index in [1.807, 2.05) is 49.9 Å². The summed E-state index contributed by atoms with van der Waals surface area (Å²) in [4.78, 5) is 9.33. The molecule has 4 aromatic rings. The molecule has 2 atom stereocenters. The highest BCUT2D eigenvalue weighted by Gasteiger charge is 2.33. The van der Waals surface area contributed by atoms with Crippen molar-refractivity contribution >= 4 is 5.65 Å². The summed E-state index contributed by atoms with van der Waals surface area (Å²) in [5, 5.41) is 4.48. The Labute approximate surface area is 162 Å². The normalized spacial score (nSPS) is 19.5. The Morgan fingerprint density at radius 1 is 1.14 bits per heavy atom. The molecule has 1 aliphatic rings. The van der Waals surface area contributed by atoms with Gasteiger partial charge in [0.15, 0.2) is 5.65 Å². The van der Waals surface area contributed by atoms with Crippen molar-refractivity contribution in [2.45, 2.75) is 19.1 Å². The van der Waals surface area contributed by atoms with Crippen LogP contribution >= 0.6 is 0 Å². The Balaban J connectivity index is 1.72. The van der Waals surface area contributed by atoms with Gasteiger partial charge in [-0.3, -0.25) is 0 Å². The lowest BCUT2D eigenvalue weighted by atomic mass is 10.1. The highest BCUT2D eigenvalue weighted by molar-refractivity contribution is 5.85. The summed E-state index contributed by atoms with van der Waals surface area (Å²) < 4.78 is 15.6. The van der Waals surface area contributed by atoms with Gasteiger partial charge in [0, 0.05) is 24.6 Å². The largest absolute Gasteiger partial charge is 0.376 e. The van der Waals surface area contributed by atoms with Gasteiger partial charge in [-0.2, -0.15) is 5.10 Å². The molecule has 0 saturated carbocycles. The molecule has 0 N–H and O–H groups in total. The lowest BCUT2D eigenvalue weighted by Gasteiger charge is -2.21. The highest BCUT2D eigenvalue weighted by atomic mass is 16.5. The van der Waals surface area contributed by atoms with Gasteiger partial charge in [-0.25, -0.2) is 14.5 Å². The van der Waals surface area contributed by atoms with Crippen LogP contribution in [0.2, 0.25) is 0 Å². The first-order chi connectivity index (χ1) is 13.9. The van der Waals surface area contributed by atoms with E-state index in [2.05, 4.69) is 26.8 Å². The third-order valence-electron chi connectivity index (χ3n) is 5.11. The van der Waals surface area contributed by atoms with Gasteiger partial charge in [0.1, 0.15) is 6.10 Å². The summed E-state index contributed by atoms with van der Waals surface area (Å²) in [5.74, 6) is 0. The first kappa shape index (κ1) is 17.1. The minimum atomic E-state index is -0.00336. The average molecular weight is 375 g/mol. The van der Waals surface area contributed by atoms with Crippen LogP contribution in [-0.2, 0) is 9.47 Å². The van der Waals surface area contributed by atoms with E-state index >= 15 is 0 Å². The molecule has 1 fully saturated rings. The highest BCUT2D eigenvalue weighted by Crippen LogP contribution is 2.37. The fourth-order valence-electron chi connectivity index (χ4n) is 3.84. The molecule has 5 rings (SSSR count). The van der Waals surface area contributed by atoms with Crippen LogP contribution in [0.15, 0.2) is 61.3 Å². The maximum Gasteiger partial charge on any atom is 0.164 e. The molecule has 28 heavy (non-hydrogen) atoms. The van der Waals surface area contributed by atoms with Crippen LogP contribution in [0.1, 0.15) is 13.0 Å². The lowest BCUT2D eigenvalue weighted by Crippen LogP contribution is -2.25. The Morgan fingerprint density at radius 3 is 2.89 bits per heavy atom. The van der Waals surface area contributed by atoms with Crippen LogP contribution in [0.4, 0.5) is 0 Å². The van der Waals surface area contributed by atoms with Crippen LogP contribution in [0, 0.1) is 0 Å². The predicted molar refractivity (Wildman–Crippen MR) is 105 cm³/mol. The molecule has 0 unspecified atom stereocenters. The van der Waals surface area contributed by atoms with Crippen LogP contribution in [0.3, 0.4) is 0 Å². The zero-order chi connectivity index (χ0) is 18.9. The molecule has 0 aliphatic carbocycles. The Hall–Kier alpha value is -3.03. The monoisotopic (exact) mass is 375 g/mol. The first-order valence-corrected chi connectivity index (χ1v) is 9.47. The van der Waals surface area contributed by atoms with Gasteiger partial charge < -0.3 is 14.0 Å². The van der Waals surface area contributed by atoms with Crippen molar-refractivity contribution in [2.24, 2.45) is 0 Å². The molecule has 3 aromatic heterocycles. The third-order valence-corrected chi connectivity index (χ3v) is 5.11. The average Bonchev–Trinajstić information content (AvgIpc) is 3.46. The predicted octanol–water partition coefficient (Wildman–Crippen LogP) is 3.24. The summed E-state index contributed by atoms with van der Waals surface area (Å²) >= 11 is 0. The lowest BCUT2D eigenvalue weighted by molar-refractivity contribution is 0.0364. The summed E-state index contributed by atoms with van der Waals surface area (Å²) in [5.41, 5.74) is 4.69. The van der Waals surface area contributed by atoms with E-state index < -0.39 is 0 Å². The van der Waals surface area contributed by atoms with Gasteiger partial charge in [-0.1, -0.05) is 30.3 Å². The topological polar surface area (TPSA) is 66.5 Å². The van der Waals surface area contributed by atoms with E-state index in [0.717, 1.165) is 28.2 Å². The van der Waals surface area contributed by atoms with Gasteiger partial charge in [0.25, 0.3) is 0 Å². The summed E-state index contributed by atoms with van der Waals surface area (Å²) in [7, 11) is 0. The van der Waals surface area contributed by atoms with Gasteiger partial charge in [-0.05, 0) is 13.0 Å². The van der Waals surface area contributed by atoms with Crippen molar-refractivity contribution in [2.75, 3.05) is 19.8 Å². The van der Waals surface area contributed by atoms with Crippen molar-refractivity contribution in [1.29, 1.82) is 0 Å². The summed E-state index contributed by atoms with van der Waals surface area (Å²) in [6.45, 7) is 3.84. The molecular weight excluding hydrogens is 354 g/mol. The van der Waals surface area contributed by atoms with Gasteiger partial charge in [-0.15, -0.1) is 0 Å². The molecule has 0 amide bonds. The van der Waals surface area contributed by atoms with Crippen molar-refractivity contribution in [1.82, 2.24) is 24.1 Å². The van der Waals surface area contributed by atoms with Crippen LogP contribution in [0.5, 0.6) is 0 Å². The molecule has 1 saturated heterocycles. The minimum Gasteiger partial charge on any atom is -0.376 e. The maximum absolute atomic E-state index is 5.93. The van der Waals surface area contributed by atoms with Crippen LogP contribution in [-0.4, -0.2) is 50.1 Å². The second-order valence-corrected chi connectivity index (χ2v) is 6.76. The second-order valence-electron chi connectivity index (χ2n) is 6.76. The molecule has 142 valence electrons. The number of hydrogen-bond acceptors (Lipinski definition) is 5. The maximum atomic E-state index is 5.93. The zero-order valence-electron chi connectivity index (χ0n) is 15.6. The second kappa shape index (κ2) is 7.18. The van der Waals surface area contributed by atoms with E-state index in [9.17, 15) is 0 Å². The number of rotatable bonds is 5. The van der Waals surface area contributed by atoms with E-state index in [0.29, 0.717) is 19.8 Å². The molecule has 0 bridgehead atoms. The Bertz CT molecular complexity index is 1090. The third kappa shape index (κ3) is 2.80. The molecule has 7 nitrogen and oxygen atoms in total. The summed E-state index contributed by atoms with van der Waals surface area (Å²) in [6, 6.07) is 12.1. The molecule has 0 radical (unpaired) electrons. The molecule has 1 aromatic carbocycles. The first-order valence-electron chi connectivity index (χ1n) is 9.47. The van der Waals surface area contributed by atoms with Crippen molar-refractivity contribution < 1.29 is 9.47 Å². The number of benzene rings is 1. The fourth-order valence-corrected chi connectivity index (χ4v) is 3.84. The fraction of sp³-hybridized carbons (Fsp3) is 0.286. The number of aromatic nitrogens is 5. The Morgan fingerprint density at radius 2 is 2.04 bits per heavy atom. The molecule has 0 spiro atoms. The molecule has 4 heterocycles. The van der Waals surface area contributed by atoms with E-state index in [-0.39, 0.29) is 12.1 Å². The molecule has 1 aliphatic heterocycles. The van der Waals surface area contributed by atoms with E-state index in [1.54, 1.807) is 10.7 Å². The number of fused-ring (bicyclic) bond motifs is 1. The van der Waals surface area contributed by atoms with E-state index in [1.165, 1.54) is 0 Å². The van der Waals surface area contributed by atoms with Gasteiger partial charge in [0.2, 0.25) is 0 Å². The molecular formula is C21H21N5O2. The minimum absolute atomic E-state index is 0.00336. The van der Waals surface area contributed by atoms with Gasteiger partial charge in [0.05, 0.1) is 48.7 Å². The SMILES string of the molecule is CCO[C@H]1COC[C@@H]1n1cnc(-c2ccccc2)c1-c1cnn2cccnc12. The number of ether oxygens (including phenoxy) is 2. The zero-order valence-corrected chi connectivity index (χ0v) is 15.6. The van der Waals surface area contributed by atoms with E-state index in [4.69, 9.17) is 14.5 Å². The number of nitrogens with zero attached hydrogens (tertiary/aromatic N) is 5. The van der Waals surface area contributed by atoms with Crippen molar-refractivity contribution in [3.8, 4) is 22.5 Å². The standard InChI is InChI=1S/C21H21N5O2/c1-2-28-18-13-27-12-17(18)25-14-23-19(15-7-4-3-5-8-15)20(25)16-11-24-26-10-6-9-22-21(16)26/h3-11,14,17-18H,2,12-13H2,1H3/t17-,18-/m0/s1. The van der Waals surface area contributed by atoms with Gasteiger partial charge >= 0.3 is 0 Å². The van der Waals surface area contributed by atoms with Crippen LogP contribution < -0.4 is 0 Å². The summed E-state index contributed by atoms with van der Waals surface area (Å²) in [6.07, 6.45) is 7.42. The Kier molecular flexibility index (Phi) is 4.38. The molecule has 7 heteroatoms.